The lowest BCUT2D eigenvalue weighted by atomic mass is 9.96. The summed E-state index contributed by atoms with van der Waals surface area (Å²) in [5.41, 5.74) is 4.49. The molecule has 7 atom stereocenters. The number of rotatable bonds is 11. The van der Waals surface area contributed by atoms with Crippen LogP contribution in [-0.4, -0.2) is 73.8 Å². The Morgan fingerprint density at radius 2 is 2.05 bits per heavy atom. The minimum absolute atomic E-state index is 0.0265. The first-order valence-corrected chi connectivity index (χ1v) is 13.5. The number of nitrogens with zero attached hydrogens (tertiary/aromatic N) is 4. The fourth-order valence-corrected chi connectivity index (χ4v) is 6.15. The van der Waals surface area contributed by atoms with E-state index in [4.69, 9.17) is 24.5 Å². The number of nitrogens with two attached hydrogens (primary N) is 1. The van der Waals surface area contributed by atoms with Crippen LogP contribution in [0.15, 0.2) is 6.33 Å². The molecule has 1 aliphatic carbocycles. The molecule has 204 valence electrons. The summed E-state index contributed by atoms with van der Waals surface area (Å²) in [4.78, 5) is 25.1. The van der Waals surface area contributed by atoms with Crippen molar-refractivity contribution in [1.82, 2.24) is 24.6 Å². The number of methoxy groups -OCH3 is 1. The van der Waals surface area contributed by atoms with Crippen molar-refractivity contribution in [3.63, 3.8) is 0 Å². The van der Waals surface area contributed by atoms with Gasteiger partial charge in [-0.25, -0.2) is 4.98 Å². The van der Waals surface area contributed by atoms with Crippen molar-refractivity contribution in [2.75, 3.05) is 19.5 Å². The molecule has 0 spiro atoms. The van der Waals surface area contributed by atoms with Crippen LogP contribution >= 0.6 is 8.18 Å². The highest BCUT2D eigenvalue weighted by molar-refractivity contribution is 7.36. The van der Waals surface area contributed by atoms with E-state index in [2.05, 4.69) is 20.0 Å². The van der Waals surface area contributed by atoms with Crippen LogP contribution in [0.5, 0.6) is 5.88 Å². The number of carbonyl (C=O) groups is 1. The van der Waals surface area contributed by atoms with Gasteiger partial charge in [0.2, 0.25) is 11.8 Å². The van der Waals surface area contributed by atoms with Crippen molar-refractivity contribution in [3.8, 4) is 5.88 Å². The van der Waals surface area contributed by atoms with Crippen molar-refractivity contribution < 1.29 is 33.2 Å². The molecule has 0 radical (unpaired) electrons. The molecular formula is C23H36N6O7P+. The monoisotopic (exact) mass is 539 g/mol. The molecule has 2 fully saturated rings. The molecule has 7 unspecified atom stereocenters. The van der Waals surface area contributed by atoms with Crippen molar-refractivity contribution in [1.29, 1.82) is 0 Å². The molecule has 3 heterocycles. The molecule has 4 rings (SSSR count). The second-order valence-electron chi connectivity index (χ2n) is 10.5. The zero-order valence-electron chi connectivity index (χ0n) is 22.2. The average molecular weight is 540 g/mol. The number of nitrogen functional groups attached to an aromatic ring is 1. The highest BCUT2D eigenvalue weighted by Gasteiger charge is 2.84. The molecule has 1 saturated carbocycles. The number of ether oxygens (including phenoxy) is 3. The summed E-state index contributed by atoms with van der Waals surface area (Å²) in [5.74, 6) is -0.396. The van der Waals surface area contributed by atoms with Crippen molar-refractivity contribution in [3.05, 3.63) is 6.33 Å². The molecule has 0 amide bonds. The minimum Gasteiger partial charge on any atom is -0.479 e. The van der Waals surface area contributed by atoms with Gasteiger partial charge in [0.15, 0.2) is 17.2 Å². The van der Waals surface area contributed by atoms with Gasteiger partial charge in [0, 0.05) is 5.92 Å². The van der Waals surface area contributed by atoms with Crippen molar-refractivity contribution in [2.24, 2.45) is 11.8 Å². The standard InChI is InChI=1S/C23H36N6O7P/c1-11(2)8-14(19(30)35-12(3)4)28-37(32)34-9-15-13(5)23(31)20(22(23,6)36-15)29-10-25-16-17(29)26-21(24)27-18(16)33-7/h10-15,20,31H,8-9H2,1-7H3,(H,28,32)(H2,24,26,27)/q+1. The molecule has 4 N–H and O–H groups in total. The summed E-state index contributed by atoms with van der Waals surface area (Å²) in [6, 6.07) is -1.24. The molecule has 37 heavy (non-hydrogen) atoms. The number of anilines is 1. The average Bonchev–Trinajstić information content (AvgIpc) is 3.04. The van der Waals surface area contributed by atoms with Crippen LogP contribution in [0.1, 0.15) is 54.0 Å². The molecule has 1 aliphatic heterocycles. The lowest BCUT2D eigenvalue weighted by molar-refractivity contribution is -0.149. The van der Waals surface area contributed by atoms with E-state index in [1.807, 2.05) is 20.8 Å². The Kier molecular flexibility index (Phi) is 7.48. The van der Waals surface area contributed by atoms with E-state index in [1.165, 1.54) is 7.11 Å². The second-order valence-corrected chi connectivity index (χ2v) is 11.6. The summed E-state index contributed by atoms with van der Waals surface area (Å²) in [7, 11) is -0.911. The number of hydrogen-bond acceptors (Lipinski definition) is 11. The van der Waals surface area contributed by atoms with Crippen LogP contribution in [0.25, 0.3) is 11.2 Å². The van der Waals surface area contributed by atoms with Gasteiger partial charge in [-0.15, -0.1) is 4.52 Å². The van der Waals surface area contributed by atoms with Gasteiger partial charge >= 0.3 is 14.1 Å². The maximum atomic E-state index is 12.7. The van der Waals surface area contributed by atoms with E-state index in [1.54, 1.807) is 31.7 Å². The number of hydrogen-bond donors (Lipinski definition) is 3. The van der Waals surface area contributed by atoms with E-state index in [9.17, 15) is 14.5 Å². The molecule has 0 bridgehead atoms. The lowest BCUT2D eigenvalue weighted by Crippen LogP contribution is -2.37. The fraction of sp³-hybridized carbons (Fsp3) is 0.739. The van der Waals surface area contributed by atoms with Crippen molar-refractivity contribution in [2.45, 2.75) is 83.5 Å². The fourth-order valence-electron chi connectivity index (χ4n) is 5.32. The summed E-state index contributed by atoms with van der Waals surface area (Å²) >= 11 is 0. The van der Waals surface area contributed by atoms with Gasteiger partial charge in [-0.3, -0.25) is 4.79 Å². The molecule has 1 saturated heterocycles. The molecule has 13 nitrogen and oxygen atoms in total. The van der Waals surface area contributed by atoms with Gasteiger partial charge in [0.05, 0.1) is 25.6 Å². The number of aliphatic hydroxyl groups is 1. The van der Waals surface area contributed by atoms with E-state index in [0.29, 0.717) is 17.6 Å². The summed E-state index contributed by atoms with van der Waals surface area (Å²) in [6.45, 7) is 11.1. The summed E-state index contributed by atoms with van der Waals surface area (Å²) < 4.78 is 36.7. The molecule has 2 aliphatic rings. The number of esters is 1. The van der Waals surface area contributed by atoms with Gasteiger partial charge in [-0.2, -0.15) is 9.97 Å². The van der Waals surface area contributed by atoms with E-state index in [-0.39, 0.29) is 36.4 Å². The third kappa shape index (κ3) is 4.79. The predicted molar refractivity (Wildman–Crippen MR) is 134 cm³/mol. The maximum Gasteiger partial charge on any atom is 0.613 e. The van der Waals surface area contributed by atoms with E-state index < -0.39 is 43.5 Å². The first-order valence-electron chi connectivity index (χ1n) is 12.3. The second kappa shape index (κ2) is 10.0. The maximum absolute atomic E-state index is 12.7. The van der Waals surface area contributed by atoms with Gasteiger partial charge in [-0.1, -0.05) is 25.9 Å². The van der Waals surface area contributed by atoms with Gasteiger partial charge in [0.1, 0.15) is 23.9 Å². The van der Waals surface area contributed by atoms with Crippen LogP contribution in [-0.2, 0) is 23.4 Å². The Morgan fingerprint density at radius 1 is 1.35 bits per heavy atom. The van der Waals surface area contributed by atoms with Gasteiger partial charge in [0.25, 0.3) is 0 Å². The number of carbonyl (C=O) groups excluding carboxylic acids is 1. The molecular weight excluding hydrogens is 503 g/mol. The zero-order chi connectivity index (χ0) is 27.3. The molecule has 0 aromatic carbocycles. The quantitative estimate of drug-likeness (QED) is 0.281. The molecule has 2 aromatic rings. The highest BCUT2D eigenvalue weighted by atomic mass is 31.1. The number of aromatic nitrogens is 4. The van der Waals surface area contributed by atoms with Gasteiger partial charge in [-0.05, 0) is 37.7 Å². The predicted octanol–water partition coefficient (Wildman–Crippen LogP) is 2.13. The number of fused-ring (bicyclic) bond motifs is 2. The van der Waals surface area contributed by atoms with Crippen molar-refractivity contribution >= 4 is 31.3 Å². The third-order valence-corrected chi connectivity index (χ3v) is 8.04. The normalized spacial score (nSPS) is 30.0. The summed E-state index contributed by atoms with van der Waals surface area (Å²) in [6.07, 6.45) is 1.19. The molecule has 14 heteroatoms. The first kappa shape index (κ1) is 27.6. The number of imidazole rings is 1. The Bertz CT molecular complexity index is 1190. The Morgan fingerprint density at radius 3 is 2.62 bits per heavy atom. The van der Waals surface area contributed by atoms with Crippen LogP contribution in [0, 0.1) is 11.8 Å². The molecule has 2 aromatic heterocycles. The Hall–Kier alpha value is -2.44. The smallest absolute Gasteiger partial charge is 0.479 e. The third-order valence-electron chi connectivity index (χ3n) is 7.14. The van der Waals surface area contributed by atoms with Gasteiger partial charge < -0.3 is 29.6 Å². The van der Waals surface area contributed by atoms with E-state index in [0.717, 1.165) is 0 Å². The topological polar surface area (TPSA) is 173 Å². The Balaban J connectivity index is 1.42. The SMILES string of the molecule is COc1nc(N)nc2c1ncn2C1C2(C)OC(CO[P+](=O)NC(CC(C)C)C(=O)OC(C)C)C(C)C12O. The van der Waals surface area contributed by atoms with Crippen LogP contribution in [0.2, 0.25) is 0 Å². The first-order chi connectivity index (χ1) is 17.3. The zero-order valence-corrected chi connectivity index (χ0v) is 23.1. The van der Waals surface area contributed by atoms with Crippen LogP contribution < -0.4 is 15.6 Å². The minimum atomic E-state index is -2.38. The van der Waals surface area contributed by atoms with Crippen LogP contribution in [0.4, 0.5) is 5.95 Å². The number of nitrogens with one attached hydrogen (secondary N) is 1. The largest absolute Gasteiger partial charge is 0.613 e. The Labute approximate surface area is 216 Å². The highest BCUT2D eigenvalue weighted by Crippen LogP contribution is 2.70. The van der Waals surface area contributed by atoms with Crippen LogP contribution in [0.3, 0.4) is 0 Å². The summed E-state index contributed by atoms with van der Waals surface area (Å²) in [5, 5.41) is 14.4. The lowest BCUT2D eigenvalue weighted by Gasteiger charge is -2.23. The van der Waals surface area contributed by atoms with E-state index >= 15 is 0 Å².